The summed E-state index contributed by atoms with van der Waals surface area (Å²) in [6.07, 6.45) is 3.10. The third-order valence-electron chi connectivity index (χ3n) is 1.44. The molecular weight excluding hydrogens is 139 g/mol. The van der Waals surface area contributed by atoms with Gasteiger partial charge in [-0.3, -0.25) is 0 Å². The first-order chi connectivity index (χ1) is 4.18. The molecule has 2 heteroatoms. The third-order valence-corrected chi connectivity index (χ3v) is 1.87. The smallest absolute Gasteiger partial charge is 0.176 e. The van der Waals surface area contributed by atoms with E-state index in [1.54, 1.807) is 0 Å². The van der Waals surface area contributed by atoms with Gasteiger partial charge in [-0.1, -0.05) is 38.3 Å². The van der Waals surface area contributed by atoms with E-state index < -0.39 is 5.63 Å². The van der Waals surface area contributed by atoms with E-state index in [0.29, 0.717) is 0 Å². The monoisotopic (exact) mass is 152 g/mol. The summed E-state index contributed by atoms with van der Waals surface area (Å²) >= 11 is 5.20. The molecule has 0 aliphatic carbocycles. The Labute approximate surface area is 61.4 Å². The van der Waals surface area contributed by atoms with Crippen LogP contribution in [0.2, 0.25) is 0 Å². The summed E-state index contributed by atoms with van der Waals surface area (Å²) in [5.41, 5.74) is -1.16. The first-order valence-electron chi connectivity index (χ1n) is 3.46. The lowest BCUT2D eigenvalue weighted by molar-refractivity contribution is 0.315. The fourth-order valence-corrected chi connectivity index (χ4v) is 0.778. The third kappa shape index (κ3) is 4.71. The first-order valence-corrected chi connectivity index (χ1v) is 3.90. The van der Waals surface area contributed by atoms with Crippen molar-refractivity contribution in [2.45, 2.75) is 38.7 Å². The highest BCUT2D eigenvalue weighted by Gasteiger charge is 2.10. The minimum atomic E-state index is -1.16. The van der Waals surface area contributed by atoms with Crippen LogP contribution in [0.15, 0.2) is 0 Å². The predicted octanol–water partition coefficient (Wildman–Crippen LogP) is 3.35. The number of alkyl halides is 2. The van der Waals surface area contributed by atoms with E-state index in [1.807, 2.05) is 6.92 Å². The van der Waals surface area contributed by atoms with Crippen LogP contribution in [0, 0.1) is 5.92 Å². The van der Waals surface area contributed by atoms with Crippen LogP contribution in [0.4, 0.5) is 4.39 Å². The van der Waals surface area contributed by atoms with Gasteiger partial charge in [-0.15, -0.1) is 0 Å². The summed E-state index contributed by atoms with van der Waals surface area (Å²) in [7, 11) is 0. The van der Waals surface area contributed by atoms with Gasteiger partial charge in [0.1, 0.15) is 0 Å². The van der Waals surface area contributed by atoms with E-state index in [9.17, 15) is 4.39 Å². The van der Waals surface area contributed by atoms with Crippen molar-refractivity contribution >= 4 is 11.6 Å². The zero-order chi connectivity index (χ0) is 7.28. The molecular formula is C7H14ClF. The number of rotatable bonds is 4. The number of halogens is 2. The number of hydrogen-bond donors (Lipinski definition) is 0. The van der Waals surface area contributed by atoms with Crippen molar-refractivity contribution in [3.8, 4) is 0 Å². The highest BCUT2D eigenvalue weighted by Crippen LogP contribution is 2.17. The Morgan fingerprint density at radius 2 is 2.11 bits per heavy atom. The topological polar surface area (TPSA) is 0 Å². The van der Waals surface area contributed by atoms with Crippen LogP contribution in [-0.4, -0.2) is 5.63 Å². The summed E-state index contributed by atoms with van der Waals surface area (Å²) < 4.78 is 12.2. The summed E-state index contributed by atoms with van der Waals surface area (Å²) in [6.45, 7) is 3.93. The molecule has 0 aromatic heterocycles. The van der Waals surface area contributed by atoms with Crippen molar-refractivity contribution in [1.29, 1.82) is 0 Å². The van der Waals surface area contributed by atoms with Crippen LogP contribution >= 0.6 is 11.6 Å². The van der Waals surface area contributed by atoms with Gasteiger partial charge in [0, 0.05) is 5.92 Å². The average molecular weight is 153 g/mol. The molecule has 0 saturated carbocycles. The Morgan fingerprint density at radius 3 is 2.44 bits per heavy atom. The fourth-order valence-electron chi connectivity index (χ4n) is 0.652. The van der Waals surface area contributed by atoms with Gasteiger partial charge in [-0.2, -0.15) is 0 Å². The molecule has 0 rings (SSSR count). The van der Waals surface area contributed by atoms with Gasteiger partial charge in [-0.25, -0.2) is 4.39 Å². The normalized spacial score (nSPS) is 17.3. The minimum Gasteiger partial charge on any atom is -0.230 e. The van der Waals surface area contributed by atoms with E-state index >= 15 is 0 Å². The number of unbranched alkanes of at least 4 members (excludes halogenated alkanes) is 1. The first kappa shape index (κ1) is 9.22. The molecule has 0 aliphatic rings. The predicted molar refractivity (Wildman–Crippen MR) is 39.4 cm³/mol. The molecule has 2 unspecified atom stereocenters. The van der Waals surface area contributed by atoms with Crippen molar-refractivity contribution in [3.63, 3.8) is 0 Å². The van der Waals surface area contributed by atoms with Gasteiger partial charge in [0.15, 0.2) is 5.63 Å². The van der Waals surface area contributed by atoms with Gasteiger partial charge in [0.25, 0.3) is 0 Å². The van der Waals surface area contributed by atoms with Crippen LogP contribution in [0.5, 0.6) is 0 Å². The van der Waals surface area contributed by atoms with Gasteiger partial charge in [0.2, 0.25) is 0 Å². The molecule has 2 atom stereocenters. The van der Waals surface area contributed by atoms with Gasteiger partial charge in [-0.05, 0) is 6.42 Å². The van der Waals surface area contributed by atoms with E-state index in [-0.39, 0.29) is 5.92 Å². The van der Waals surface area contributed by atoms with E-state index in [2.05, 4.69) is 6.92 Å². The molecule has 0 fully saturated rings. The molecule has 0 radical (unpaired) electrons. The Bertz CT molecular complexity index is 63.9. The quantitative estimate of drug-likeness (QED) is 0.542. The molecule has 0 heterocycles. The van der Waals surface area contributed by atoms with E-state index in [1.165, 1.54) is 0 Å². The largest absolute Gasteiger partial charge is 0.230 e. The average Bonchev–Trinajstić information content (AvgIpc) is 1.82. The van der Waals surface area contributed by atoms with Crippen molar-refractivity contribution in [1.82, 2.24) is 0 Å². The second-order valence-electron chi connectivity index (χ2n) is 2.45. The second kappa shape index (κ2) is 5.04. The molecule has 0 amide bonds. The lowest BCUT2D eigenvalue weighted by Gasteiger charge is -2.08. The van der Waals surface area contributed by atoms with Crippen LogP contribution in [0.1, 0.15) is 33.1 Å². The van der Waals surface area contributed by atoms with Crippen molar-refractivity contribution in [2.75, 3.05) is 0 Å². The molecule has 0 aromatic rings. The zero-order valence-corrected chi connectivity index (χ0v) is 6.79. The van der Waals surface area contributed by atoms with E-state index in [4.69, 9.17) is 11.6 Å². The summed E-state index contributed by atoms with van der Waals surface area (Å²) in [4.78, 5) is 0. The maximum Gasteiger partial charge on any atom is 0.176 e. The summed E-state index contributed by atoms with van der Waals surface area (Å²) in [5.74, 6) is 0.0200. The van der Waals surface area contributed by atoms with Crippen molar-refractivity contribution < 1.29 is 4.39 Å². The Hall–Kier alpha value is 0.220. The molecule has 0 N–H and O–H groups in total. The van der Waals surface area contributed by atoms with Crippen LogP contribution in [0.3, 0.4) is 0 Å². The maximum absolute atomic E-state index is 12.2. The molecule has 56 valence electrons. The van der Waals surface area contributed by atoms with Crippen LogP contribution < -0.4 is 0 Å². The Morgan fingerprint density at radius 1 is 1.56 bits per heavy atom. The molecule has 0 aliphatic heterocycles. The standard InChI is InChI=1S/C7H14ClF/c1-3-4-5-6(2)7(8)9/h6-7H,3-5H2,1-2H3. The van der Waals surface area contributed by atoms with Crippen molar-refractivity contribution in [2.24, 2.45) is 5.92 Å². The lowest BCUT2D eigenvalue weighted by Crippen LogP contribution is -2.04. The minimum absolute atomic E-state index is 0.0200. The lowest BCUT2D eigenvalue weighted by atomic mass is 10.1. The number of hydrogen-bond acceptors (Lipinski definition) is 0. The SMILES string of the molecule is CCCCC(C)C(F)Cl. The van der Waals surface area contributed by atoms with E-state index in [0.717, 1.165) is 19.3 Å². The maximum atomic E-state index is 12.2. The van der Waals surface area contributed by atoms with Gasteiger partial charge >= 0.3 is 0 Å². The second-order valence-corrected chi connectivity index (χ2v) is 2.87. The highest BCUT2D eigenvalue weighted by molar-refractivity contribution is 6.19. The summed E-state index contributed by atoms with van der Waals surface area (Å²) in [6, 6.07) is 0. The van der Waals surface area contributed by atoms with Crippen molar-refractivity contribution in [3.05, 3.63) is 0 Å². The van der Waals surface area contributed by atoms with Gasteiger partial charge in [0.05, 0.1) is 0 Å². The molecule has 9 heavy (non-hydrogen) atoms. The zero-order valence-electron chi connectivity index (χ0n) is 6.03. The Balaban J connectivity index is 3.16. The molecule has 0 aromatic carbocycles. The molecule has 0 spiro atoms. The fraction of sp³-hybridized carbons (Fsp3) is 1.00. The molecule has 0 bridgehead atoms. The Kier molecular flexibility index (Phi) is 5.16. The molecule has 0 saturated heterocycles. The summed E-state index contributed by atoms with van der Waals surface area (Å²) in [5, 5.41) is 0. The van der Waals surface area contributed by atoms with Gasteiger partial charge < -0.3 is 0 Å². The molecule has 0 nitrogen and oxygen atoms in total. The van der Waals surface area contributed by atoms with Crippen LogP contribution in [0.25, 0.3) is 0 Å². The highest BCUT2D eigenvalue weighted by atomic mass is 35.5. The van der Waals surface area contributed by atoms with Crippen LogP contribution in [-0.2, 0) is 0 Å².